The number of rotatable bonds is 4. The highest BCUT2D eigenvalue weighted by Crippen LogP contribution is 2.34. The Kier molecular flexibility index (Phi) is 3.68. The van der Waals surface area contributed by atoms with Crippen LogP contribution in [0.3, 0.4) is 0 Å². The van der Waals surface area contributed by atoms with Crippen LogP contribution >= 0.6 is 0 Å². The fraction of sp³-hybridized carbons (Fsp3) is 0.125. The van der Waals surface area contributed by atoms with Gasteiger partial charge in [-0.05, 0) is 18.1 Å². The molecule has 0 N–H and O–H groups in total. The molecule has 0 saturated carbocycles. The lowest BCUT2D eigenvalue weighted by molar-refractivity contribution is 0.0681. The van der Waals surface area contributed by atoms with E-state index in [1.165, 1.54) is 0 Å². The molecule has 0 unspecified atom stereocenters. The molecule has 1 nitrogen and oxygen atoms in total. The third kappa shape index (κ3) is 2.54. The summed E-state index contributed by atoms with van der Waals surface area (Å²) in [6, 6.07) is 20.6. The molecule has 0 bridgehead atoms. The minimum atomic E-state index is -0.457. The van der Waals surface area contributed by atoms with E-state index in [9.17, 15) is 0 Å². The van der Waals surface area contributed by atoms with Gasteiger partial charge in [-0.3, -0.25) is 0 Å². The van der Waals surface area contributed by atoms with Crippen molar-refractivity contribution in [2.24, 2.45) is 0 Å². The molecule has 18 heavy (non-hydrogen) atoms. The van der Waals surface area contributed by atoms with Gasteiger partial charge in [0.05, 0.1) is 15.6 Å². The molecule has 0 aromatic heterocycles. The number of hydrogen-bond acceptors (Lipinski definition) is 1. The Labute approximate surface area is 112 Å². The highest BCUT2D eigenvalue weighted by Gasteiger charge is 2.30. The predicted molar refractivity (Wildman–Crippen MR) is 79.5 cm³/mol. The van der Waals surface area contributed by atoms with Crippen molar-refractivity contribution in [1.29, 1.82) is 0 Å². The number of hydrogen-bond donors (Lipinski definition) is 0. The van der Waals surface area contributed by atoms with Crippen LogP contribution in [0.2, 0.25) is 0 Å². The molecule has 2 aromatic rings. The molecular weight excluding hydrogens is 236 g/mol. The zero-order valence-electron chi connectivity index (χ0n) is 10.9. The minimum absolute atomic E-state index is 0.457. The second-order valence-electron chi connectivity index (χ2n) is 4.57. The van der Waals surface area contributed by atoms with Gasteiger partial charge in [0.2, 0.25) is 0 Å². The van der Waals surface area contributed by atoms with Crippen LogP contribution in [0.1, 0.15) is 18.1 Å². The van der Waals surface area contributed by atoms with Crippen LogP contribution in [-0.4, -0.2) is 10.2 Å². The maximum absolute atomic E-state index is 6.08. The smallest absolute Gasteiger partial charge is 0.155 e. The molecule has 0 radical (unpaired) electrons. The van der Waals surface area contributed by atoms with E-state index >= 15 is 0 Å². The predicted octanol–water partition coefficient (Wildman–Crippen LogP) is 2.80. The van der Waals surface area contributed by atoms with Crippen LogP contribution in [0.4, 0.5) is 0 Å². The molecule has 2 rings (SSSR count). The van der Waals surface area contributed by atoms with Crippen molar-refractivity contribution in [2.45, 2.75) is 12.5 Å². The van der Waals surface area contributed by atoms with E-state index in [2.05, 4.69) is 37.8 Å². The van der Waals surface area contributed by atoms with Gasteiger partial charge >= 0.3 is 0 Å². The highest BCUT2D eigenvalue weighted by atomic mass is 28.1. The van der Waals surface area contributed by atoms with Gasteiger partial charge < -0.3 is 4.74 Å². The van der Waals surface area contributed by atoms with E-state index in [1.807, 2.05) is 36.4 Å². The van der Waals surface area contributed by atoms with E-state index in [4.69, 9.17) is 4.74 Å². The molecule has 0 aliphatic carbocycles. The molecule has 2 heteroatoms. The van der Waals surface area contributed by atoms with Crippen molar-refractivity contribution in [3.05, 3.63) is 83.8 Å². The van der Waals surface area contributed by atoms with Crippen molar-refractivity contribution < 1.29 is 4.74 Å². The number of benzene rings is 2. The van der Waals surface area contributed by atoms with Gasteiger partial charge in [-0.25, -0.2) is 0 Å². The fourth-order valence-electron chi connectivity index (χ4n) is 2.15. The molecule has 0 amide bonds. The summed E-state index contributed by atoms with van der Waals surface area (Å²) in [6.07, 6.45) is 0. The zero-order valence-corrected chi connectivity index (χ0v) is 12.9. The van der Waals surface area contributed by atoms with Gasteiger partial charge in [-0.2, -0.15) is 0 Å². The SMILES string of the molecule is C=C([SiH3])OC(C)(c1ccccc1)c1ccccc1. The molecule has 92 valence electrons. The Bertz CT molecular complexity index is 480. The molecule has 0 spiro atoms. The topological polar surface area (TPSA) is 9.23 Å². The van der Waals surface area contributed by atoms with Crippen molar-refractivity contribution in [3.8, 4) is 0 Å². The van der Waals surface area contributed by atoms with Gasteiger partial charge in [0.15, 0.2) is 5.60 Å². The molecule has 0 saturated heterocycles. The summed E-state index contributed by atoms with van der Waals surface area (Å²) in [6.45, 7) is 6.03. The summed E-state index contributed by atoms with van der Waals surface area (Å²) in [5.74, 6) is 0. The van der Waals surface area contributed by atoms with Crippen LogP contribution in [0.5, 0.6) is 0 Å². The van der Waals surface area contributed by atoms with Crippen LogP contribution in [0, 0.1) is 0 Å². The quantitative estimate of drug-likeness (QED) is 0.602. The standard InChI is InChI=1S/C16H18OSi/c1-13(18)17-16(2,14-9-5-3-6-10-14)15-11-7-4-8-12-15/h3-12H,1H2,2,18H3. The van der Waals surface area contributed by atoms with Crippen molar-refractivity contribution in [2.75, 3.05) is 0 Å². The van der Waals surface area contributed by atoms with Crippen LogP contribution in [0.25, 0.3) is 0 Å². The molecule has 0 aliphatic rings. The first-order chi connectivity index (χ1) is 8.63. The van der Waals surface area contributed by atoms with E-state index in [0.717, 1.165) is 26.8 Å². The Morgan fingerprint density at radius 1 is 0.944 bits per heavy atom. The maximum Gasteiger partial charge on any atom is 0.155 e. The lowest BCUT2D eigenvalue weighted by Gasteiger charge is -2.32. The van der Waals surface area contributed by atoms with Crippen LogP contribution in [0.15, 0.2) is 72.6 Å². The maximum atomic E-state index is 6.08. The van der Waals surface area contributed by atoms with E-state index in [0.29, 0.717) is 0 Å². The highest BCUT2D eigenvalue weighted by molar-refractivity contribution is 6.19. The Hall–Kier alpha value is -1.80. The molecule has 0 heterocycles. The van der Waals surface area contributed by atoms with Gasteiger partial charge in [0.25, 0.3) is 0 Å². The second-order valence-corrected chi connectivity index (χ2v) is 5.68. The molecule has 0 atom stereocenters. The Balaban J connectivity index is 2.51. The molecule has 0 aliphatic heterocycles. The molecule has 0 fully saturated rings. The normalized spacial score (nSPS) is 11.2. The third-order valence-electron chi connectivity index (χ3n) is 3.03. The summed E-state index contributed by atoms with van der Waals surface area (Å²) in [5.41, 5.74) is 1.84. The largest absolute Gasteiger partial charge is 0.489 e. The van der Waals surface area contributed by atoms with Crippen LogP contribution in [-0.2, 0) is 10.3 Å². The Morgan fingerprint density at radius 2 is 1.33 bits per heavy atom. The summed E-state index contributed by atoms with van der Waals surface area (Å²) in [5, 5.41) is 0.852. The number of ether oxygens (including phenoxy) is 1. The average Bonchev–Trinajstić information content (AvgIpc) is 2.40. The van der Waals surface area contributed by atoms with Crippen molar-refractivity contribution >= 4 is 10.2 Å². The van der Waals surface area contributed by atoms with Crippen molar-refractivity contribution in [1.82, 2.24) is 0 Å². The first-order valence-electron chi connectivity index (χ1n) is 6.08. The van der Waals surface area contributed by atoms with Gasteiger partial charge in [0, 0.05) is 0 Å². The summed E-state index contributed by atoms with van der Waals surface area (Å²) < 4.78 is 6.08. The fourth-order valence-corrected chi connectivity index (χ4v) is 2.55. The zero-order chi connectivity index (χ0) is 13.0. The van der Waals surface area contributed by atoms with Gasteiger partial charge in [0.1, 0.15) is 0 Å². The average molecular weight is 254 g/mol. The first-order valence-corrected chi connectivity index (χ1v) is 7.08. The summed E-state index contributed by atoms with van der Waals surface area (Å²) in [4.78, 5) is 0. The minimum Gasteiger partial charge on any atom is -0.489 e. The van der Waals surface area contributed by atoms with E-state index < -0.39 is 5.60 Å². The van der Waals surface area contributed by atoms with E-state index in [1.54, 1.807) is 0 Å². The van der Waals surface area contributed by atoms with Gasteiger partial charge in [-0.1, -0.05) is 67.2 Å². The summed E-state index contributed by atoms with van der Waals surface area (Å²) >= 11 is 0. The first kappa shape index (κ1) is 12.6. The third-order valence-corrected chi connectivity index (χ3v) is 3.23. The molecular formula is C16H18OSi. The summed E-state index contributed by atoms with van der Waals surface area (Å²) in [7, 11) is 0.835. The Morgan fingerprint density at radius 3 is 1.67 bits per heavy atom. The lowest BCUT2D eigenvalue weighted by atomic mass is 9.88. The van der Waals surface area contributed by atoms with Gasteiger partial charge in [-0.15, -0.1) is 0 Å². The van der Waals surface area contributed by atoms with Crippen molar-refractivity contribution in [3.63, 3.8) is 0 Å². The van der Waals surface area contributed by atoms with Crippen LogP contribution < -0.4 is 0 Å². The lowest BCUT2D eigenvalue weighted by Crippen LogP contribution is -2.27. The molecule has 2 aromatic carbocycles. The monoisotopic (exact) mass is 254 g/mol. The van der Waals surface area contributed by atoms with E-state index in [-0.39, 0.29) is 0 Å². The second kappa shape index (κ2) is 5.23.